The number of aromatic nitrogens is 2. The van der Waals surface area contributed by atoms with E-state index < -0.39 is 0 Å². The van der Waals surface area contributed by atoms with Crippen molar-refractivity contribution in [3.05, 3.63) is 71.7 Å². The molecule has 4 bridgehead atoms. The molecule has 0 unspecified atom stereocenters. The number of anilines is 1. The number of amidine groups is 1. The molecule has 6 rings (SSSR count). The first-order chi connectivity index (χ1) is 16.5. The Morgan fingerprint density at radius 1 is 1.09 bits per heavy atom. The zero-order valence-corrected chi connectivity index (χ0v) is 18.9. The minimum atomic E-state index is -0.331. The monoisotopic (exact) mass is 454 g/mol. The Hall–Kier alpha value is -4.07. The fourth-order valence-corrected chi connectivity index (χ4v) is 4.55. The summed E-state index contributed by atoms with van der Waals surface area (Å²) in [5.74, 6) is 0.701. The Labute approximate surface area is 198 Å². The van der Waals surface area contributed by atoms with E-state index in [-0.39, 0.29) is 23.9 Å². The summed E-state index contributed by atoms with van der Waals surface area (Å²) in [7, 11) is 0. The summed E-state index contributed by atoms with van der Waals surface area (Å²) in [4.78, 5) is 23.9. The summed E-state index contributed by atoms with van der Waals surface area (Å²) in [6, 6.07) is 14.8. The molecule has 1 saturated carbocycles. The summed E-state index contributed by atoms with van der Waals surface area (Å²) >= 11 is 0. The number of nitrogens with zero attached hydrogens (tertiary/aromatic N) is 3. The summed E-state index contributed by atoms with van der Waals surface area (Å²) in [6.45, 7) is 1.94. The molecule has 8 nitrogen and oxygen atoms in total. The molecule has 0 spiro atoms. The van der Waals surface area contributed by atoms with E-state index in [0.29, 0.717) is 22.8 Å². The third kappa shape index (κ3) is 4.26. The predicted octanol–water partition coefficient (Wildman–Crippen LogP) is 4.64. The largest absolute Gasteiger partial charge is 0.490 e. The highest BCUT2D eigenvalue weighted by Crippen LogP contribution is 2.32. The van der Waals surface area contributed by atoms with Crippen LogP contribution in [-0.4, -0.2) is 45.1 Å². The molecule has 3 aromatic rings. The molecule has 2 aromatic heterocycles. The molecule has 3 aliphatic rings. The lowest BCUT2D eigenvalue weighted by Crippen LogP contribution is -2.43. The van der Waals surface area contributed by atoms with E-state index in [1.54, 1.807) is 29.3 Å². The normalized spacial score (nSPS) is 20.1. The molecule has 4 heterocycles. The molecule has 8 heteroatoms. The molecule has 1 amide bonds. The summed E-state index contributed by atoms with van der Waals surface area (Å²) in [6.07, 6.45) is 6.10. The second-order valence-corrected chi connectivity index (χ2v) is 8.69. The van der Waals surface area contributed by atoms with Gasteiger partial charge < -0.3 is 15.0 Å². The number of benzene rings is 1. The fourth-order valence-electron chi connectivity index (χ4n) is 4.55. The lowest BCUT2D eigenvalue weighted by molar-refractivity contribution is 0.100. The third-order valence-electron chi connectivity index (χ3n) is 6.43. The molecule has 3 N–H and O–H groups in total. The van der Waals surface area contributed by atoms with Gasteiger partial charge in [-0.3, -0.25) is 20.6 Å². The molecular weight excluding hydrogens is 428 g/mol. The van der Waals surface area contributed by atoms with Crippen LogP contribution in [0.2, 0.25) is 0 Å². The standard InChI is InChI=1S/C26H26N6O2/c1-16-5-6-18(14-29-16)17-7-12-23-21(13-17)26(33)31-24-4-2-3-22(30-24)25(28)32(15-27)19-8-10-20(34-23)11-9-19/h2-7,12-15,19-20,27-28H,8-11H2,1H3,(H,30,31,33). The topological polar surface area (TPSA) is 115 Å². The van der Waals surface area contributed by atoms with Crippen LogP contribution in [0.25, 0.3) is 11.1 Å². The van der Waals surface area contributed by atoms with Crippen molar-refractivity contribution in [2.45, 2.75) is 44.8 Å². The molecule has 172 valence electrons. The Kier molecular flexibility index (Phi) is 5.79. The van der Waals surface area contributed by atoms with Crippen LogP contribution >= 0.6 is 0 Å². The number of nitrogens with one attached hydrogen (secondary N) is 3. The van der Waals surface area contributed by atoms with Crippen LogP contribution in [0.3, 0.4) is 0 Å². The average molecular weight is 455 g/mol. The Balaban J connectivity index is 1.57. The number of rotatable bonds is 2. The molecule has 1 fully saturated rings. The number of fused-ring (bicyclic) bond motifs is 4. The minimum absolute atomic E-state index is 0.0321. The van der Waals surface area contributed by atoms with Crippen LogP contribution in [0.1, 0.15) is 47.4 Å². The Morgan fingerprint density at radius 2 is 1.88 bits per heavy atom. The first-order valence-corrected chi connectivity index (χ1v) is 11.4. The van der Waals surface area contributed by atoms with Gasteiger partial charge in [0.1, 0.15) is 17.3 Å². The van der Waals surface area contributed by atoms with Crippen molar-refractivity contribution in [1.29, 1.82) is 10.8 Å². The molecule has 0 atom stereocenters. The van der Waals surface area contributed by atoms with Crippen molar-refractivity contribution in [2.24, 2.45) is 0 Å². The molecule has 1 aliphatic carbocycles. The Bertz CT molecular complexity index is 1250. The van der Waals surface area contributed by atoms with E-state index in [1.165, 1.54) is 6.34 Å². The lowest BCUT2D eigenvalue weighted by Gasteiger charge is -2.36. The van der Waals surface area contributed by atoms with E-state index in [4.69, 9.17) is 15.6 Å². The maximum absolute atomic E-state index is 13.4. The number of carbonyl (C=O) groups excluding carboxylic acids is 1. The lowest BCUT2D eigenvalue weighted by atomic mass is 9.91. The highest BCUT2D eigenvalue weighted by atomic mass is 16.5. The number of carbonyl (C=O) groups is 1. The van der Waals surface area contributed by atoms with Crippen LogP contribution in [0.15, 0.2) is 54.7 Å². The maximum atomic E-state index is 13.4. The maximum Gasteiger partial charge on any atom is 0.260 e. The van der Waals surface area contributed by atoms with E-state index >= 15 is 0 Å². The number of hydrogen-bond donors (Lipinski definition) is 3. The van der Waals surface area contributed by atoms with Crippen molar-refractivity contribution in [3.8, 4) is 16.9 Å². The quantitative estimate of drug-likeness (QED) is 0.385. The minimum Gasteiger partial charge on any atom is -0.490 e. The molecule has 2 aliphatic heterocycles. The van der Waals surface area contributed by atoms with Crippen molar-refractivity contribution >= 4 is 23.9 Å². The van der Waals surface area contributed by atoms with Gasteiger partial charge in [0, 0.05) is 23.5 Å². The number of pyridine rings is 2. The van der Waals surface area contributed by atoms with Crippen molar-refractivity contribution in [2.75, 3.05) is 5.32 Å². The third-order valence-corrected chi connectivity index (χ3v) is 6.43. The first kappa shape index (κ1) is 21.8. The second kappa shape index (κ2) is 9.05. The van der Waals surface area contributed by atoms with Gasteiger partial charge in [-0.15, -0.1) is 0 Å². The van der Waals surface area contributed by atoms with Gasteiger partial charge in [0.05, 0.1) is 18.0 Å². The van der Waals surface area contributed by atoms with Gasteiger partial charge in [0.2, 0.25) is 0 Å². The van der Waals surface area contributed by atoms with E-state index in [9.17, 15) is 4.79 Å². The highest BCUT2D eigenvalue weighted by Gasteiger charge is 2.30. The summed E-state index contributed by atoms with van der Waals surface area (Å²) in [5, 5.41) is 19.4. The fraction of sp³-hybridized carbons (Fsp3) is 0.269. The van der Waals surface area contributed by atoms with Gasteiger partial charge in [-0.1, -0.05) is 18.2 Å². The van der Waals surface area contributed by atoms with Gasteiger partial charge in [-0.2, -0.15) is 0 Å². The van der Waals surface area contributed by atoms with Gasteiger partial charge in [-0.25, -0.2) is 4.98 Å². The number of amides is 1. The van der Waals surface area contributed by atoms with Crippen LogP contribution in [0, 0.1) is 17.7 Å². The van der Waals surface area contributed by atoms with Crippen LogP contribution in [0.4, 0.5) is 5.82 Å². The average Bonchev–Trinajstić information content (AvgIpc) is 2.86. The number of hydrogen-bond acceptors (Lipinski definition) is 6. The Morgan fingerprint density at radius 3 is 2.62 bits per heavy atom. The van der Waals surface area contributed by atoms with Crippen LogP contribution < -0.4 is 10.1 Å². The molecule has 34 heavy (non-hydrogen) atoms. The zero-order chi connectivity index (χ0) is 23.7. The molecule has 0 radical (unpaired) electrons. The summed E-state index contributed by atoms with van der Waals surface area (Å²) in [5.41, 5.74) is 3.57. The number of aryl methyl sites for hydroxylation is 1. The van der Waals surface area contributed by atoms with Crippen LogP contribution in [-0.2, 0) is 0 Å². The van der Waals surface area contributed by atoms with Gasteiger partial charge in [-0.05, 0) is 68.5 Å². The highest BCUT2D eigenvalue weighted by molar-refractivity contribution is 6.07. The molecular formula is C26H26N6O2. The second-order valence-electron chi connectivity index (χ2n) is 8.69. The van der Waals surface area contributed by atoms with Gasteiger partial charge in [0.15, 0.2) is 5.84 Å². The van der Waals surface area contributed by atoms with E-state index in [2.05, 4.69) is 15.3 Å². The van der Waals surface area contributed by atoms with Crippen LogP contribution in [0.5, 0.6) is 5.75 Å². The summed E-state index contributed by atoms with van der Waals surface area (Å²) < 4.78 is 6.33. The molecule has 1 aromatic carbocycles. The predicted molar refractivity (Wildman–Crippen MR) is 131 cm³/mol. The van der Waals surface area contributed by atoms with Crippen molar-refractivity contribution in [1.82, 2.24) is 14.9 Å². The first-order valence-electron chi connectivity index (χ1n) is 11.4. The smallest absolute Gasteiger partial charge is 0.260 e. The SMILES string of the molecule is Cc1ccc(-c2ccc3c(c2)C(=O)Nc2cccc(n2)C(=N)N(C=N)C2CCC(CC2)O3)cn1. The zero-order valence-electron chi connectivity index (χ0n) is 18.9. The van der Waals surface area contributed by atoms with E-state index in [1.807, 2.05) is 37.3 Å². The molecule has 0 saturated heterocycles. The van der Waals surface area contributed by atoms with E-state index in [0.717, 1.165) is 42.5 Å². The number of ether oxygens (including phenoxy) is 1. The van der Waals surface area contributed by atoms with Gasteiger partial charge >= 0.3 is 0 Å². The van der Waals surface area contributed by atoms with Crippen molar-refractivity contribution < 1.29 is 9.53 Å². The van der Waals surface area contributed by atoms with Crippen molar-refractivity contribution in [3.63, 3.8) is 0 Å². The van der Waals surface area contributed by atoms with Gasteiger partial charge in [0.25, 0.3) is 5.91 Å².